The highest BCUT2D eigenvalue weighted by Crippen LogP contribution is 2.26. The molecule has 0 saturated heterocycles. The Kier molecular flexibility index (Phi) is 7.53. The van der Waals surface area contributed by atoms with Gasteiger partial charge in [0, 0.05) is 20.2 Å². The number of ether oxygens (including phenoxy) is 3. The van der Waals surface area contributed by atoms with E-state index in [0.717, 1.165) is 11.6 Å². The predicted molar refractivity (Wildman–Crippen MR) is 119 cm³/mol. The van der Waals surface area contributed by atoms with Crippen LogP contribution in [0.25, 0.3) is 11.4 Å². The first-order chi connectivity index (χ1) is 14.9. The van der Waals surface area contributed by atoms with Gasteiger partial charge in [-0.2, -0.15) is 4.68 Å². The first-order valence-electron chi connectivity index (χ1n) is 10.1. The Balaban J connectivity index is 1.80. The smallest absolute Gasteiger partial charge is 0.338 e. The minimum Gasteiger partial charge on any atom is -0.489 e. The Morgan fingerprint density at radius 3 is 2.58 bits per heavy atom. The topological polar surface area (TPSA) is 88.4 Å². The molecule has 2 aromatic carbocycles. The zero-order chi connectivity index (χ0) is 22.3. The van der Waals surface area contributed by atoms with Gasteiger partial charge in [0.2, 0.25) is 0 Å². The van der Waals surface area contributed by atoms with E-state index < -0.39 is 14.0 Å². The van der Waals surface area contributed by atoms with Crippen molar-refractivity contribution in [3.63, 3.8) is 0 Å². The van der Waals surface area contributed by atoms with Gasteiger partial charge in [-0.1, -0.05) is 50.0 Å². The summed E-state index contributed by atoms with van der Waals surface area (Å²) in [7, 11) is 0.164. The lowest BCUT2D eigenvalue weighted by molar-refractivity contribution is 0.0600. The van der Waals surface area contributed by atoms with E-state index in [1.165, 1.54) is 7.11 Å². The zero-order valence-electron chi connectivity index (χ0n) is 18.4. The molecule has 3 aromatic rings. The quantitative estimate of drug-likeness (QED) is 0.267. The molecule has 0 spiro atoms. The number of nitrogens with zero attached hydrogens (tertiary/aromatic N) is 4. The molecule has 164 valence electrons. The molecule has 0 bridgehead atoms. The minimum atomic E-state index is -1.18. The summed E-state index contributed by atoms with van der Waals surface area (Å²) in [5.74, 6) is 0.552. The number of tetrazole rings is 1. The summed E-state index contributed by atoms with van der Waals surface area (Å²) in [5.41, 5.74) is 2.02. The monoisotopic (exact) mass is 440 g/mol. The number of esters is 1. The lowest BCUT2D eigenvalue weighted by Crippen LogP contribution is -2.22. The lowest BCUT2D eigenvalue weighted by atomic mass is 10.1. The second kappa shape index (κ2) is 10.3. The number of carbonyl (C=O) groups is 1. The maximum atomic E-state index is 12.2. The molecule has 0 radical (unpaired) electrons. The summed E-state index contributed by atoms with van der Waals surface area (Å²) in [6, 6.07) is 16.0. The van der Waals surface area contributed by atoms with Gasteiger partial charge in [0.1, 0.15) is 19.1 Å². The van der Waals surface area contributed by atoms with Gasteiger partial charge in [-0.25, -0.2) is 4.79 Å². The van der Waals surface area contributed by atoms with E-state index in [9.17, 15) is 4.79 Å². The lowest BCUT2D eigenvalue weighted by Gasteiger charge is -2.15. The van der Waals surface area contributed by atoms with Crippen LogP contribution >= 0.6 is 0 Å². The number of methoxy groups -OCH3 is 1. The van der Waals surface area contributed by atoms with Crippen LogP contribution < -0.4 is 4.74 Å². The zero-order valence-corrected chi connectivity index (χ0v) is 19.4. The second-order valence-corrected chi connectivity index (χ2v) is 14.0. The van der Waals surface area contributed by atoms with E-state index in [0.29, 0.717) is 35.9 Å². The summed E-state index contributed by atoms with van der Waals surface area (Å²) in [6.45, 7) is 8.16. The average Bonchev–Trinajstić information content (AvgIpc) is 3.23. The van der Waals surface area contributed by atoms with E-state index in [4.69, 9.17) is 14.2 Å². The van der Waals surface area contributed by atoms with Crippen molar-refractivity contribution in [2.75, 3.05) is 13.7 Å². The molecule has 0 saturated carbocycles. The van der Waals surface area contributed by atoms with Gasteiger partial charge in [0.15, 0.2) is 5.82 Å². The number of benzene rings is 2. The molecule has 1 aromatic heterocycles. The Morgan fingerprint density at radius 2 is 1.87 bits per heavy atom. The van der Waals surface area contributed by atoms with Gasteiger partial charge in [0.25, 0.3) is 0 Å². The Labute approximate surface area is 183 Å². The Hall–Kier alpha value is -3.04. The van der Waals surface area contributed by atoms with Crippen molar-refractivity contribution in [3.05, 3.63) is 59.7 Å². The maximum absolute atomic E-state index is 12.2. The SMILES string of the molecule is COC(=O)c1cc(OCc2ccccc2)cc(-c2nnnn2COCC[Si](C)(C)C)c1. The van der Waals surface area contributed by atoms with Crippen molar-refractivity contribution < 1.29 is 19.0 Å². The van der Waals surface area contributed by atoms with Gasteiger partial charge in [-0.3, -0.25) is 0 Å². The third-order valence-corrected chi connectivity index (χ3v) is 6.28. The first-order valence-corrected chi connectivity index (χ1v) is 13.8. The molecular formula is C22H28N4O4Si. The molecule has 0 amide bonds. The molecule has 9 heteroatoms. The molecule has 31 heavy (non-hydrogen) atoms. The van der Waals surface area contributed by atoms with Crippen LogP contribution in [-0.4, -0.2) is 48.0 Å². The Morgan fingerprint density at radius 1 is 1.10 bits per heavy atom. The molecule has 0 aliphatic rings. The fraction of sp³-hybridized carbons (Fsp3) is 0.364. The van der Waals surface area contributed by atoms with Crippen molar-refractivity contribution in [2.45, 2.75) is 39.0 Å². The van der Waals surface area contributed by atoms with Gasteiger partial charge < -0.3 is 14.2 Å². The van der Waals surface area contributed by atoms with Gasteiger partial charge in [-0.05, 0) is 40.2 Å². The van der Waals surface area contributed by atoms with Crippen LogP contribution in [0.4, 0.5) is 0 Å². The fourth-order valence-electron chi connectivity index (χ4n) is 2.82. The second-order valence-electron chi connectivity index (χ2n) is 8.36. The molecule has 0 unspecified atom stereocenters. The predicted octanol–water partition coefficient (Wildman–Crippen LogP) is 4.02. The number of rotatable bonds is 10. The molecule has 1 heterocycles. The highest BCUT2D eigenvalue weighted by molar-refractivity contribution is 6.76. The van der Waals surface area contributed by atoms with E-state index in [1.54, 1.807) is 22.9 Å². The normalized spacial score (nSPS) is 11.4. The Bertz CT molecular complexity index is 1000. The van der Waals surface area contributed by atoms with Crippen LogP contribution in [0.15, 0.2) is 48.5 Å². The third kappa shape index (κ3) is 6.73. The number of aromatic nitrogens is 4. The van der Waals surface area contributed by atoms with Gasteiger partial charge in [0.05, 0.1) is 12.7 Å². The van der Waals surface area contributed by atoms with Crippen LogP contribution in [0.5, 0.6) is 5.75 Å². The van der Waals surface area contributed by atoms with Gasteiger partial charge in [-0.15, -0.1) is 5.10 Å². The van der Waals surface area contributed by atoms with Crippen molar-refractivity contribution in [3.8, 4) is 17.1 Å². The van der Waals surface area contributed by atoms with Crippen molar-refractivity contribution in [2.24, 2.45) is 0 Å². The molecule has 0 aliphatic carbocycles. The summed E-state index contributed by atoms with van der Waals surface area (Å²) in [4.78, 5) is 12.2. The molecule has 3 rings (SSSR count). The van der Waals surface area contributed by atoms with Crippen LogP contribution in [0.2, 0.25) is 25.7 Å². The summed E-state index contributed by atoms with van der Waals surface area (Å²) in [6.07, 6.45) is 0. The summed E-state index contributed by atoms with van der Waals surface area (Å²) in [5, 5.41) is 11.9. The molecule has 0 aliphatic heterocycles. The molecule has 0 N–H and O–H groups in total. The summed E-state index contributed by atoms with van der Waals surface area (Å²) < 4.78 is 18.2. The molecule has 0 atom stereocenters. The average molecular weight is 441 g/mol. The minimum absolute atomic E-state index is 0.232. The molecule has 8 nitrogen and oxygen atoms in total. The van der Waals surface area contributed by atoms with Crippen LogP contribution in [0, 0.1) is 0 Å². The maximum Gasteiger partial charge on any atom is 0.338 e. The van der Waals surface area contributed by atoms with E-state index >= 15 is 0 Å². The molecule has 0 fully saturated rings. The fourth-order valence-corrected chi connectivity index (χ4v) is 3.57. The van der Waals surface area contributed by atoms with Crippen molar-refractivity contribution in [1.29, 1.82) is 0 Å². The van der Waals surface area contributed by atoms with E-state index in [1.807, 2.05) is 30.3 Å². The first kappa shape index (κ1) is 22.6. The largest absolute Gasteiger partial charge is 0.489 e. The van der Waals surface area contributed by atoms with Crippen LogP contribution in [0.1, 0.15) is 15.9 Å². The van der Waals surface area contributed by atoms with Crippen LogP contribution in [-0.2, 0) is 22.8 Å². The molecular weight excluding hydrogens is 412 g/mol. The highest BCUT2D eigenvalue weighted by Gasteiger charge is 2.16. The third-order valence-electron chi connectivity index (χ3n) is 4.58. The highest BCUT2D eigenvalue weighted by atomic mass is 28.3. The van der Waals surface area contributed by atoms with E-state index in [2.05, 4.69) is 35.2 Å². The number of carbonyl (C=O) groups excluding carboxylic acids is 1. The number of hydrogen-bond acceptors (Lipinski definition) is 7. The number of hydrogen-bond donors (Lipinski definition) is 0. The standard InChI is InChI=1S/C22H28N4O4Si/c1-28-22(27)19-12-18(13-20(14-19)30-15-17-8-6-5-7-9-17)21-23-24-25-26(21)16-29-10-11-31(2,3)4/h5-9,12-14H,10-11,15-16H2,1-4H3. The van der Waals surface area contributed by atoms with Gasteiger partial charge >= 0.3 is 5.97 Å². The summed E-state index contributed by atoms with van der Waals surface area (Å²) >= 11 is 0. The van der Waals surface area contributed by atoms with E-state index in [-0.39, 0.29) is 6.73 Å². The van der Waals surface area contributed by atoms with Crippen LogP contribution in [0.3, 0.4) is 0 Å². The van der Waals surface area contributed by atoms with Crippen molar-refractivity contribution >= 4 is 14.0 Å². The van der Waals surface area contributed by atoms with Crippen molar-refractivity contribution in [1.82, 2.24) is 20.2 Å².